The van der Waals surface area contributed by atoms with Gasteiger partial charge >= 0.3 is 0 Å². The van der Waals surface area contributed by atoms with Gasteiger partial charge in [-0.3, -0.25) is 4.79 Å². The molecule has 0 radical (unpaired) electrons. The molecule has 7 nitrogen and oxygen atoms in total. The Morgan fingerprint density at radius 1 is 1.36 bits per heavy atom. The van der Waals surface area contributed by atoms with Crippen molar-refractivity contribution >= 4 is 17.7 Å². The number of aromatic nitrogens is 2. The maximum atomic E-state index is 11.9. The Bertz CT molecular complexity index is 683. The summed E-state index contributed by atoms with van der Waals surface area (Å²) in [5, 5.41) is 11.2. The third-order valence-electron chi connectivity index (χ3n) is 3.70. The van der Waals surface area contributed by atoms with Gasteiger partial charge in [0.2, 0.25) is 11.8 Å². The molecule has 0 aliphatic carbocycles. The Hall–Kier alpha value is -2.06. The lowest BCUT2D eigenvalue weighted by Gasteiger charge is -2.09. The summed E-state index contributed by atoms with van der Waals surface area (Å²) in [5.74, 6) is 1.38. The third-order valence-corrected chi connectivity index (χ3v) is 4.51. The fourth-order valence-corrected chi connectivity index (χ4v) is 3.05. The molecule has 1 aromatic carbocycles. The second kappa shape index (κ2) is 8.87. The van der Waals surface area contributed by atoms with Crippen LogP contribution in [0.2, 0.25) is 0 Å². The van der Waals surface area contributed by atoms with E-state index in [2.05, 4.69) is 15.5 Å². The van der Waals surface area contributed by atoms with Crippen LogP contribution in [-0.4, -0.2) is 47.7 Å². The highest BCUT2D eigenvalue weighted by Crippen LogP contribution is 2.24. The number of rotatable bonds is 8. The number of nitrogens with zero attached hydrogens (tertiary/aromatic N) is 2. The standard InChI is InChI=1S/C17H21N3O4S/c1-2-22-13-7-5-12(6-8-13)16-19-20-17(24-16)25-11-15(21)18-10-14-4-3-9-23-14/h5-8,14H,2-4,9-11H2,1H3,(H,18,21). The molecule has 134 valence electrons. The van der Waals surface area contributed by atoms with Gasteiger partial charge in [-0.15, -0.1) is 10.2 Å². The topological polar surface area (TPSA) is 86.5 Å². The Labute approximate surface area is 150 Å². The van der Waals surface area contributed by atoms with Gasteiger partial charge in [-0.2, -0.15) is 0 Å². The van der Waals surface area contributed by atoms with Gasteiger partial charge in [-0.05, 0) is 44.0 Å². The van der Waals surface area contributed by atoms with Crippen molar-refractivity contribution in [1.29, 1.82) is 0 Å². The normalized spacial score (nSPS) is 16.8. The number of benzene rings is 1. The summed E-state index contributed by atoms with van der Waals surface area (Å²) in [7, 11) is 0. The molecule has 25 heavy (non-hydrogen) atoms. The van der Waals surface area contributed by atoms with E-state index in [1.807, 2.05) is 31.2 Å². The lowest BCUT2D eigenvalue weighted by atomic mass is 10.2. The average molecular weight is 363 g/mol. The molecule has 2 heterocycles. The molecule has 3 rings (SSSR count). The SMILES string of the molecule is CCOc1ccc(-c2nnc(SCC(=O)NCC3CCCO3)o2)cc1. The molecule has 1 saturated heterocycles. The number of hydrogen-bond donors (Lipinski definition) is 1. The monoisotopic (exact) mass is 363 g/mol. The third kappa shape index (κ3) is 5.20. The molecule has 0 saturated carbocycles. The minimum atomic E-state index is -0.0682. The number of hydrogen-bond acceptors (Lipinski definition) is 7. The Balaban J connectivity index is 1.46. The Kier molecular flexibility index (Phi) is 6.30. The van der Waals surface area contributed by atoms with E-state index in [1.54, 1.807) is 0 Å². The average Bonchev–Trinajstić information content (AvgIpc) is 3.31. The lowest BCUT2D eigenvalue weighted by Crippen LogP contribution is -2.32. The van der Waals surface area contributed by atoms with E-state index in [0.29, 0.717) is 24.3 Å². The molecule has 8 heteroatoms. The van der Waals surface area contributed by atoms with Gasteiger partial charge in [0.15, 0.2) is 0 Å². The van der Waals surface area contributed by atoms with Crippen LogP contribution in [0.1, 0.15) is 19.8 Å². The molecule has 1 aliphatic rings. The minimum absolute atomic E-state index is 0.0682. The van der Waals surface area contributed by atoms with Gasteiger partial charge < -0.3 is 19.2 Å². The van der Waals surface area contributed by atoms with Gasteiger partial charge in [-0.25, -0.2) is 0 Å². The van der Waals surface area contributed by atoms with E-state index in [9.17, 15) is 4.79 Å². The lowest BCUT2D eigenvalue weighted by molar-refractivity contribution is -0.119. The van der Waals surface area contributed by atoms with Crippen molar-refractivity contribution in [2.45, 2.75) is 31.1 Å². The highest BCUT2D eigenvalue weighted by molar-refractivity contribution is 7.99. The second-order valence-corrected chi connectivity index (χ2v) is 6.48. The molecule has 1 amide bonds. The zero-order valence-electron chi connectivity index (χ0n) is 14.1. The van der Waals surface area contributed by atoms with Crippen molar-refractivity contribution in [3.05, 3.63) is 24.3 Å². The summed E-state index contributed by atoms with van der Waals surface area (Å²) in [6.07, 6.45) is 2.21. The largest absolute Gasteiger partial charge is 0.494 e. The first-order valence-electron chi connectivity index (χ1n) is 8.32. The fraction of sp³-hybridized carbons (Fsp3) is 0.471. The van der Waals surface area contributed by atoms with Crippen molar-refractivity contribution in [2.75, 3.05) is 25.5 Å². The first-order valence-corrected chi connectivity index (χ1v) is 9.31. The van der Waals surface area contributed by atoms with Crippen molar-refractivity contribution in [2.24, 2.45) is 0 Å². The summed E-state index contributed by atoms with van der Waals surface area (Å²) in [6, 6.07) is 7.44. The molecule has 1 N–H and O–H groups in total. The first kappa shape index (κ1) is 17.8. The number of carbonyl (C=O) groups is 1. The van der Waals surface area contributed by atoms with Gasteiger partial charge in [0, 0.05) is 18.7 Å². The zero-order valence-corrected chi connectivity index (χ0v) is 14.9. The number of thioether (sulfide) groups is 1. The summed E-state index contributed by atoms with van der Waals surface area (Å²) in [6.45, 7) is 3.90. The summed E-state index contributed by atoms with van der Waals surface area (Å²) < 4.78 is 16.5. The van der Waals surface area contributed by atoms with Gasteiger partial charge in [-0.1, -0.05) is 11.8 Å². The van der Waals surface area contributed by atoms with Crippen molar-refractivity contribution in [1.82, 2.24) is 15.5 Å². The molecular weight excluding hydrogens is 342 g/mol. The van der Waals surface area contributed by atoms with Crippen LogP contribution in [0.5, 0.6) is 5.75 Å². The van der Waals surface area contributed by atoms with E-state index < -0.39 is 0 Å². The number of nitrogens with one attached hydrogen (secondary N) is 1. The molecule has 0 bridgehead atoms. The van der Waals surface area contributed by atoms with E-state index in [1.165, 1.54) is 11.8 Å². The Morgan fingerprint density at radius 3 is 2.92 bits per heavy atom. The van der Waals surface area contributed by atoms with Gasteiger partial charge in [0.25, 0.3) is 5.22 Å². The maximum absolute atomic E-state index is 11.9. The van der Waals surface area contributed by atoms with Crippen molar-refractivity contribution in [3.8, 4) is 17.2 Å². The summed E-state index contributed by atoms with van der Waals surface area (Å²) in [4.78, 5) is 11.9. The van der Waals surface area contributed by atoms with Gasteiger partial charge in [0.1, 0.15) is 5.75 Å². The number of carbonyl (C=O) groups excluding carboxylic acids is 1. The van der Waals surface area contributed by atoms with Gasteiger partial charge in [0.05, 0.1) is 18.5 Å². The molecular formula is C17H21N3O4S. The fourth-order valence-electron chi connectivity index (χ4n) is 2.46. The van der Waals surface area contributed by atoms with Crippen LogP contribution in [0, 0.1) is 0 Å². The number of amides is 1. The van der Waals surface area contributed by atoms with E-state index in [-0.39, 0.29) is 17.8 Å². The molecule has 1 aliphatic heterocycles. The van der Waals surface area contributed by atoms with Crippen molar-refractivity contribution in [3.63, 3.8) is 0 Å². The predicted octanol–water partition coefficient (Wildman–Crippen LogP) is 2.52. The van der Waals surface area contributed by atoms with E-state index in [0.717, 1.165) is 30.8 Å². The molecule has 1 aromatic heterocycles. The molecule has 1 fully saturated rings. The van der Waals surface area contributed by atoms with E-state index in [4.69, 9.17) is 13.9 Å². The molecule has 1 atom stereocenters. The van der Waals surface area contributed by atoms with Crippen LogP contribution in [0.15, 0.2) is 33.9 Å². The van der Waals surface area contributed by atoms with Crippen LogP contribution >= 0.6 is 11.8 Å². The second-order valence-electron chi connectivity index (χ2n) is 5.56. The van der Waals surface area contributed by atoms with Crippen LogP contribution in [-0.2, 0) is 9.53 Å². The highest BCUT2D eigenvalue weighted by Gasteiger charge is 2.17. The summed E-state index contributed by atoms with van der Waals surface area (Å²) >= 11 is 1.22. The predicted molar refractivity (Wildman–Crippen MR) is 93.6 cm³/mol. The van der Waals surface area contributed by atoms with E-state index >= 15 is 0 Å². The molecule has 0 spiro atoms. The zero-order chi connectivity index (χ0) is 17.5. The Morgan fingerprint density at radius 2 is 2.20 bits per heavy atom. The van der Waals surface area contributed by atoms with Crippen LogP contribution in [0.25, 0.3) is 11.5 Å². The minimum Gasteiger partial charge on any atom is -0.494 e. The number of ether oxygens (including phenoxy) is 2. The highest BCUT2D eigenvalue weighted by atomic mass is 32.2. The quantitative estimate of drug-likeness (QED) is 0.721. The molecule has 1 unspecified atom stereocenters. The van der Waals surface area contributed by atoms with Crippen LogP contribution in [0.3, 0.4) is 0 Å². The molecule has 2 aromatic rings. The first-order chi connectivity index (χ1) is 12.2. The summed E-state index contributed by atoms with van der Waals surface area (Å²) in [5.41, 5.74) is 0.811. The van der Waals surface area contributed by atoms with Crippen LogP contribution in [0.4, 0.5) is 0 Å². The van der Waals surface area contributed by atoms with Crippen LogP contribution < -0.4 is 10.1 Å². The smallest absolute Gasteiger partial charge is 0.277 e. The van der Waals surface area contributed by atoms with Crippen molar-refractivity contribution < 1.29 is 18.7 Å². The maximum Gasteiger partial charge on any atom is 0.277 e.